The van der Waals surface area contributed by atoms with E-state index >= 15 is 0 Å². The Morgan fingerprint density at radius 3 is 2.71 bits per heavy atom. The number of ether oxygens (including phenoxy) is 1. The minimum absolute atomic E-state index is 0.0477. The SMILES string of the molecule is COc1ccc([C@@H]2CCCCCN2C(=O)c2cncc(Br)c2)cc1. The van der Waals surface area contributed by atoms with Crippen LogP contribution in [0.5, 0.6) is 5.75 Å². The molecule has 0 radical (unpaired) electrons. The van der Waals surface area contributed by atoms with E-state index in [1.54, 1.807) is 19.5 Å². The van der Waals surface area contributed by atoms with Crippen molar-refractivity contribution in [1.29, 1.82) is 0 Å². The Hall–Kier alpha value is -1.88. The van der Waals surface area contributed by atoms with Gasteiger partial charge in [-0.05, 0) is 52.5 Å². The van der Waals surface area contributed by atoms with Crippen LogP contribution in [-0.2, 0) is 0 Å². The van der Waals surface area contributed by atoms with Gasteiger partial charge in [-0.1, -0.05) is 25.0 Å². The molecule has 1 aromatic carbocycles. The van der Waals surface area contributed by atoms with Crippen LogP contribution in [0.4, 0.5) is 0 Å². The number of rotatable bonds is 3. The molecule has 0 N–H and O–H groups in total. The number of carbonyl (C=O) groups excluding carboxylic acids is 1. The van der Waals surface area contributed by atoms with E-state index < -0.39 is 0 Å². The average molecular weight is 389 g/mol. The van der Waals surface area contributed by atoms with Crippen molar-refractivity contribution in [3.63, 3.8) is 0 Å². The van der Waals surface area contributed by atoms with E-state index in [2.05, 4.69) is 33.0 Å². The van der Waals surface area contributed by atoms with E-state index in [1.165, 1.54) is 0 Å². The maximum absolute atomic E-state index is 13.1. The lowest BCUT2D eigenvalue weighted by Gasteiger charge is -2.30. The molecule has 2 aromatic rings. The molecule has 1 aliphatic heterocycles. The number of likely N-dealkylation sites (tertiary alicyclic amines) is 1. The first-order chi connectivity index (χ1) is 11.7. The Bertz CT molecular complexity index is 703. The molecular formula is C19H21BrN2O2. The predicted octanol–water partition coefficient (Wildman–Crippen LogP) is 4.61. The Morgan fingerprint density at radius 2 is 2.00 bits per heavy atom. The maximum Gasteiger partial charge on any atom is 0.255 e. The molecule has 0 spiro atoms. The normalized spacial score (nSPS) is 18.1. The number of halogens is 1. The number of nitrogens with zero attached hydrogens (tertiary/aromatic N) is 2. The molecule has 0 unspecified atom stereocenters. The molecule has 5 heteroatoms. The van der Waals surface area contributed by atoms with Gasteiger partial charge in [0.05, 0.1) is 18.7 Å². The lowest BCUT2D eigenvalue weighted by molar-refractivity contribution is 0.0680. The van der Waals surface area contributed by atoms with E-state index in [-0.39, 0.29) is 11.9 Å². The summed E-state index contributed by atoms with van der Waals surface area (Å²) in [5, 5.41) is 0. The number of carbonyl (C=O) groups is 1. The van der Waals surface area contributed by atoms with Gasteiger partial charge in [-0.2, -0.15) is 0 Å². The number of aromatic nitrogens is 1. The van der Waals surface area contributed by atoms with Crippen molar-refractivity contribution in [2.75, 3.05) is 13.7 Å². The second-order valence-electron chi connectivity index (χ2n) is 6.03. The summed E-state index contributed by atoms with van der Waals surface area (Å²) in [4.78, 5) is 19.2. The Kier molecular flexibility index (Phi) is 5.51. The largest absolute Gasteiger partial charge is 0.497 e. The fraction of sp³-hybridized carbons (Fsp3) is 0.368. The van der Waals surface area contributed by atoms with Crippen molar-refractivity contribution in [3.05, 3.63) is 58.3 Å². The van der Waals surface area contributed by atoms with Gasteiger partial charge in [0.1, 0.15) is 5.75 Å². The lowest BCUT2D eigenvalue weighted by atomic mass is 10.00. The van der Waals surface area contributed by atoms with E-state index in [0.29, 0.717) is 5.56 Å². The third-order valence-corrected chi connectivity index (χ3v) is 4.90. The molecule has 126 valence electrons. The second-order valence-corrected chi connectivity index (χ2v) is 6.94. The van der Waals surface area contributed by atoms with E-state index in [4.69, 9.17) is 4.74 Å². The molecule has 4 nitrogen and oxygen atoms in total. The molecule has 1 atom stereocenters. The summed E-state index contributed by atoms with van der Waals surface area (Å²) in [5.74, 6) is 0.882. The van der Waals surface area contributed by atoms with E-state index in [0.717, 1.165) is 48.0 Å². The summed E-state index contributed by atoms with van der Waals surface area (Å²) in [7, 11) is 1.66. The zero-order chi connectivity index (χ0) is 16.9. The van der Waals surface area contributed by atoms with Gasteiger partial charge < -0.3 is 9.64 Å². The maximum atomic E-state index is 13.1. The molecule has 1 saturated heterocycles. The van der Waals surface area contributed by atoms with Gasteiger partial charge in [0, 0.05) is 23.4 Å². The number of pyridine rings is 1. The average Bonchev–Trinajstić information content (AvgIpc) is 2.87. The summed E-state index contributed by atoms with van der Waals surface area (Å²) in [6.45, 7) is 0.780. The van der Waals surface area contributed by atoms with Crippen LogP contribution in [0.3, 0.4) is 0 Å². The predicted molar refractivity (Wildman–Crippen MR) is 97.2 cm³/mol. The van der Waals surface area contributed by atoms with Gasteiger partial charge in [-0.15, -0.1) is 0 Å². The third kappa shape index (κ3) is 3.78. The van der Waals surface area contributed by atoms with Crippen molar-refractivity contribution in [1.82, 2.24) is 9.88 Å². The van der Waals surface area contributed by atoms with Crippen LogP contribution in [0.1, 0.15) is 47.6 Å². The van der Waals surface area contributed by atoms with Gasteiger partial charge >= 0.3 is 0 Å². The highest BCUT2D eigenvalue weighted by molar-refractivity contribution is 9.10. The summed E-state index contributed by atoms with van der Waals surface area (Å²) >= 11 is 3.40. The monoisotopic (exact) mass is 388 g/mol. The first-order valence-electron chi connectivity index (χ1n) is 8.24. The highest BCUT2D eigenvalue weighted by atomic mass is 79.9. The molecule has 0 aliphatic carbocycles. The number of amides is 1. The van der Waals surface area contributed by atoms with Crippen LogP contribution in [0, 0.1) is 0 Å². The lowest BCUT2D eigenvalue weighted by Crippen LogP contribution is -2.34. The van der Waals surface area contributed by atoms with Gasteiger partial charge in [-0.25, -0.2) is 0 Å². The summed E-state index contributed by atoms with van der Waals surface area (Å²) < 4.78 is 6.07. The Morgan fingerprint density at radius 1 is 1.21 bits per heavy atom. The van der Waals surface area contributed by atoms with Gasteiger partial charge in [-0.3, -0.25) is 9.78 Å². The second kappa shape index (κ2) is 7.79. The van der Waals surface area contributed by atoms with Crippen LogP contribution >= 0.6 is 15.9 Å². The number of methoxy groups -OCH3 is 1. The smallest absolute Gasteiger partial charge is 0.255 e. The van der Waals surface area contributed by atoms with Crippen LogP contribution in [-0.4, -0.2) is 29.4 Å². The topological polar surface area (TPSA) is 42.4 Å². The molecule has 1 aromatic heterocycles. The van der Waals surface area contributed by atoms with Crippen LogP contribution in [0.2, 0.25) is 0 Å². The van der Waals surface area contributed by atoms with Crippen LogP contribution < -0.4 is 4.74 Å². The number of hydrogen-bond acceptors (Lipinski definition) is 3. The summed E-state index contributed by atoms with van der Waals surface area (Å²) in [5.41, 5.74) is 1.79. The Balaban J connectivity index is 1.90. The van der Waals surface area contributed by atoms with E-state index in [9.17, 15) is 4.79 Å². The van der Waals surface area contributed by atoms with Crippen LogP contribution in [0.15, 0.2) is 47.2 Å². The first-order valence-corrected chi connectivity index (χ1v) is 9.04. The number of hydrogen-bond donors (Lipinski definition) is 0. The molecule has 24 heavy (non-hydrogen) atoms. The molecule has 0 bridgehead atoms. The molecule has 1 fully saturated rings. The fourth-order valence-electron chi connectivity index (χ4n) is 3.22. The highest BCUT2D eigenvalue weighted by Crippen LogP contribution is 2.32. The summed E-state index contributed by atoms with van der Waals surface area (Å²) in [6.07, 6.45) is 7.66. The van der Waals surface area contributed by atoms with Crippen molar-refractivity contribution in [3.8, 4) is 5.75 Å². The van der Waals surface area contributed by atoms with Crippen molar-refractivity contribution in [2.24, 2.45) is 0 Å². The molecule has 1 amide bonds. The van der Waals surface area contributed by atoms with Gasteiger partial charge in [0.2, 0.25) is 0 Å². The quantitative estimate of drug-likeness (QED) is 0.770. The van der Waals surface area contributed by atoms with Crippen molar-refractivity contribution < 1.29 is 9.53 Å². The molecule has 2 heterocycles. The third-order valence-electron chi connectivity index (χ3n) is 4.47. The Labute approximate surface area is 151 Å². The first kappa shape index (κ1) is 17.0. The molecule has 1 aliphatic rings. The summed E-state index contributed by atoms with van der Waals surface area (Å²) in [6, 6.07) is 9.99. The highest BCUT2D eigenvalue weighted by Gasteiger charge is 2.27. The van der Waals surface area contributed by atoms with Gasteiger partial charge in [0.25, 0.3) is 5.91 Å². The van der Waals surface area contributed by atoms with Crippen molar-refractivity contribution in [2.45, 2.75) is 31.7 Å². The standard InChI is InChI=1S/C19H21BrN2O2/c1-24-17-8-6-14(7-9-17)18-5-3-2-4-10-22(18)19(23)15-11-16(20)13-21-12-15/h6-9,11-13,18H,2-5,10H2,1H3/t18-/m0/s1. The molecule has 0 saturated carbocycles. The zero-order valence-electron chi connectivity index (χ0n) is 13.7. The molecular weight excluding hydrogens is 368 g/mol. The molecule has 3 rings (SSSR count). The van der Waals surface area contributed by atoms with Crippen LogP contribution in [0.25, 0.3) is 0 Å². The van der Waals surface area contributed by atoms with Crippen molar-refractivity contribution >= 4 is 21.8 Å². The van der Waals surface area contributed by atoms with E-state index in [1.807, 2.05) is 23.1 Å². The fourth-order valence-corrected chi connectivity index (χ4v) is 3.58. The minimum atomic E-state index is 0.0477. The van der Waals surface area contributed by atoms with Gasteiger partial charge in [0.15, 0.2) is 0 Å². The minimum Gasteiger partial charge on any atom is -0.497 e. The number of benzene rings is 1. The zero-order valence-corrected chi connectivity index (χ0v) is 15.3.